The van der Waals surface area contributed by atoms with Crippen LogP contribution in [0, 0.1) is 17.7 Å². The Morgan fingerprint density at radius 2 is 1.72 bits per heavy atom. The van der Waals surface area contributed by atoms with Gasteiger partial charge in [0.1, 0.15) is 11.5 Å². The van der Waals surface area contributed by atoms with Crippen molar-refractivity contribution in [1.82, 2.24) is 9.80 Å². The van der Waals surface area contributed by atoms with Gasteiger partial charge in [0.2, 0.25) is 0 Å². The zero-order valence-corrected chi connectivity index (χ0v) is 14.7. The maximum Gasteiger partial charge on any atom is 0.278 e. The van der Waals surface area contributed by atoms with Gasteiger partial charge in [0.25, 0.3) is 11.8 Å². The molecule has 2 atom stereocenters. The Morgan fingerprint density at radius 3 is 2.28 bits per heavy atom. The minimum Gasteiger partial charge on any atom is -0.366 e. The number of carbonyl (C=O) groups is 2. The van der Waals surface area contributed by atoms with Crippen molar-refractivity contribution in [2.45, 2.75) is 20.3 Å². The molecule has 1 aromatic rings. The molecule has 1 aromatic carbocycles. The number of imide groups is 1. The summed E-state index contributed by atoms with van der Waals surface area (Å²) < 4.78 is 13.3. The lowest BCUT2D eigenvalue weighted by Crippen LogP contribution is -2.41. The van der Waals surface area contributed by atoms with Gasteiger partial charge in [0, 0.05) is 19.6 Å². The first kappa shape index (κ1) is 17.4. The first-order valence-corrected chi connectivity index (χ1v) is 8.64. The zero-order chi connectivity index (χ0) is 18.1. The van der Waals surface area contributed by atoms with E-state index in [0.717, 1.165) is 19.5 Å². The first-order valence-electron chi connectivity index (χ1n) is 8.64. The van der Waals surface area contributed by atoms with Crippen LogP contribution in [0.15, 0.2) is 42.6 Å². The standard InChI is InChI=1S/C20H23FN2O2/c1-4-9-23-19(24)17(15-5-7-16(21)8-6-15)18(20(23)25)22-11-13(2)10-14(3)12-22/h4-8,13-14H,1,9-12H2,2-3H3. The summed E-state index contributed by atoms with van der Waals surface area (Å²) in [6, 6.07) is 5.75. The van der Waals surface area contributed by atoms with Crippen LogP contribution in [-0.4, -0.2) is 41.2 Å². The van der Waals surface area contributed by atoms with E-state index in [1.54, 1.807) is 18.2 Å². The molecule has 0 saturated carbocycles. The van der Waals surface area contributed by atoms with E-state index in [0.29, 0.717) is 28.7 Å². The van der Waals surface area contributed by atoms with Crippen molar-refractivity contribution in [3.63, 3.8) is 0 Å². The molecule has 0 spiro atoms. The quantitative estimate of drug-likeness (QED) is 0.624. The van der Waals surface area contributed by atoms with E-state index in [2.05, 4.69) is 20.4 Å². The first-order chi connectivity index (χ1) is 11.9. The van der Waals surface area contributed by atoms with Gasteiger partial charge >= 0.3 is 0 Å². The fourth-order valence-electron chi connectivity index (χ4n) is 3.87. The molecule has 25 heavy (non-hydrogen) atoms. The molecule has 4 nitrogen and oxygen atoms in total. The second kappa shape index (κ2) is 6.82. The molecule has 1 saturated heterocycles. The number of piperidine rings is 1. The van der Waals surface area contributed by atoms with Crippen LogP contribution in [0.2, 0.25) is 0 Å². The molecular weight excluding hydrogens is 319 g/mol. The molecule has 3 rings (SSSR count). The summed E-state index contributed by atoms with van der Waals surface area (Å²) in [5.74, 6) is -0.0992. The Morgan fingerprint density at radius 1 is 1.12 bits per heavy atom. The topological polar surface area (TPSA) is 40.6 Å². The molecule has 2 amide bonds. The van der Waals surface area contributed by atoms with Crippen molar-refractivity contribution in [1.29, 1.82) is 0 Å². The number of benzene rings is 1. The molecule has 1 fully saturated rings. The average Bonchev–Trinajstić information content (AvgIpc) is 2.80. The highest BCUT2D eigenvalue weighted by molar-refractivity contribution is 6.35. The van der Waals surface area contributed by atoms with Crippen molar-refractivity contribution in [2.75, 3.05) is 19.6 Å². The summed E-state index contributed by atoms with van der Waals surface area (Å²) >= 11 is 0. The number of rotatable bonds is 4. The maximum atomic E-state index is 13.3. The van der Waals surface area contributed by atoms with Gasteiger partial charge in [-0.3, -0.25) is 14.5 Å². The Bertz CT molecular complexity index is 729. The highest BCUT2D eigenvalue weighted by Crippen LogP contribution is 2.34. The fourth-order valence-corrected chi connectivity index (χ4v) is 3.87. The van der Waals surface area contributed by atoms with Crippen molar-refractivity contribution < 1.29 is 14.0 Å². The smallest absolute Gasteiger partial charge is 0.278 e. The molecule has 5 heteroatoms. The number of halogens is 1. The monoisotopic (exact) mass is 342 g/mol. The van der Waals surface area contributed by atoms with E-state index in [1.807, 2.05) is 4.90 Å². The third kappa shape index (κ3) is 3.23. The molecule has 0 bridgehead atoms. The van der Waals surface area contributed by atoms with Crippen LogP contribution in [0.5, 0.6) is 0 Å². The van der Waals surface area contributed by atoms with Crippen molar-refractivity contribution in [3.8, 4) is 0 Å². The van der Waals surface area contributed by atoms with Gasteiger partial charge < -0.3 is 4.90 Å². The summed E-state index contributed by atoms with van der Waals surface area (Å²) in [4.78, 5) is 29.1. The van der Waals surface area contributed by atoms with E-state index in [9.17, 15) is 14.0 Å². The highest BCUT2D eigenvalue weighted by atomic mass is 19.1. The maximum absolute atomic E-state index is 13.3. The molecule has 2 aliphatic heterocycles. The minimum atomic E-state index is -0.370. The van der Waals surface area contributed by atoms with Gasteiger partial charge in [-0.15, -0.1) is 6.58 Å². The third-order valence-electron chi connectivity index (χ3n) is 4.77. The molecule has 0 aliphatic carbocycles. The second-order valence-corrected chi connectivity index (χ2v) is 7.09. The van der Waals surface area contributed by atoms with Gasteiger partial charge in [-0.2, -0.15) is 0 Å². The van der Waals surface area contributed by atoms with Gasteiger partial charge in [0.05, 0.1) is 5.57 Å². The molecule has 0 aromatic heterocycles. The predicted molar refractivity (Wildman–Crippen MR) is 94.8 cm³/mol. The summed E-state index contributed by atoms with van der Waals surface area (Å²) in [7, 11) is 0. The predicted octanol–water partition coefficient (Wildman–Crippen LogP) is 3.07. The van der Waals surface area contributed by atoms with Crippen LogP contribution in [0.25, 0.3) is 5.57 Å². The average molecular weight is 342 g/mol. The van der Waals surface area contributed by atoms with Crippen molar-refractivity contribution in [2.24, 2.45) is 11.8 Å². The number of amides is 2. The van der Waals surface area contributed by atoms with Crippen LogP contribution in [0.1, 0.15) is 25.8 Å². The molecular formula is C20H23FN2O2. The summed E-state index contributed by atoms with van der Waals surface area (Å²) in [5, 5.41) is 0. The summed E-state index contributed by atoms with van der Waals surface area (Å²) in [5.41, 5.74) is 1.39. The van der Waals surface area contributed by atoms with E-state index >= 15 is 0 Å². The van der Waals surface area contributed by atoms with Gasteiger partial charge in [0.15, 0.2) is 0 Å². The van der Waals surface area contributed by atoms with Crippen LogP contribution in [0.4, 0.5) is 4.39 Å². The Kier molecular flexibility index (Phi) is 4.75. The minimum absolute atomic E-state index is 0.171. The Balaban J connectivity index is 2.09. The largest absolute Gasteiger partial charge is 0.366 e. The second-order valence-electron chi connectivity index (χ2n) is 7.09. The lowest BCUT2D eigenvalue weighted by Gasteiger charge is -2.37. The van der Waals surface area contributed by atoms with Crippen LogP contribution < -0.4 is 0 Å². The zero-order valence-electron chi connectivity index (χ0n) is 14.7. The third-order valence-corrected chi connectivity index (χ3v) is 4.77. The van der Waals surface area contributed by atoms with Gasteiger partial charge in [-0.25, -0.2) is 4.39 Å². The van der Waals surface area contributed by atoms with E-state index in [-0.39, 0.29) is 24.2 Å². The van der Waals surface area contributed by atoms with Crippen molar-refractivity contribution >= 4 is 17.4 Å². The SMILES string of the molecule is C=CCN1C(=O)C(c2ccc(F)cc2)=C(N2CC(C)CC(C)C2)C1=O. The van der Waals surface area contributed by atoms with Gasteiger partial charge in [-0.05, 0) is 36.0 Å². The van der Waals surface area contributed by atoms with Gasteiger partial charge in [-0.1, -0.05) is 32.1 Å². The van der Waals surface area contributed by atoms with E-state index in [1.165, 1.54) is 17.0 Å². The number of carbonyl (C=O) groups excluding carboxylic acids is 2. The number of hydrogen-bond acceptors (Lipinski definition) is 3. The van der Waals surface area contributed by atoms with Crippen LogP contribution >= 0.6 is 0 Å². The molecule has 132 valence electrons. The molecule has 2 heterocycles. The highest BCUT2D eigenvalue weighted by Gasteiger charge is 2.42. The normalized spacial score (nSPS) is 24.3. The number of likely N-dealkylation sites (tertiary alicyclic amines) is 1. The number of hydrogen-bond donors (Lipinski definition) is 0. The Hall–Kier alpha value is -2.43. The molecule has 0 radical (unpaired) electrons. The Labute approximate surface area is 147 Å². The van der Waals surface area contributed by atoms with Crippen LogP contribution in [0.3, 0.4) is 0 Å². The van der Waals surface area contributed by atoms with Crippen molar-refractivity contribution in [3.05, 3.63) is 54.0 Å². The molecule has 0 N–H and O–H groups in total. The molecule has 2 unspecified atom stereocenters. The molecule has 2 aliphatic rings. The lowest BCUT2D eigenvalue weighted by atomic mass is 9.91. The van der Waals surface area contributed by atoms with E-state index in [4.69, 9.17) is 0 Å². The van der Waals surface area contributed by atoms with E-state index < -0.39 is 0 Å². The summed E-state index contributed by atoms with van der Waals surface area (Å²) in [6.07, 6.45) is 2.65. The van der Waals surface area contributed by atoms with Crippen LogP contribution in [-0.2, 0) is 9.59 Å². The fraction of sp³-hybridized carbons (Fsp3) is 0.400. The lowest BCUT2D eigenvalue weighted by molar-refractivity contribution is -0.137. The summed E-state index contributed by atoms with van der Waals surface area (Å²) in [6.45, 7) is 9.60. The number of nitrogens with zero attached hydrogens (tertiary/aromatic N) is 2.